The number of carbonyl (C=O) groups excluding carboxylic acids is 1. The second-order valence-corrected chi connectivity index (χ2v) is 8.91. The minimum absolute atomic E-state index is 0.110. The van der Waals surface area contributed by atoms with Crippen LogP contribution in [0.25, 0.3) is 10.8 Å². The Balaban J connectivity index is 1.44. The lowest BCUT2D eigenvalue weighted by atomic mass is 10.1. The Morgan fingerprint density at radius 1 is 0.844 bits per heavy atom. The largest absolute Gasteiger partial charge is 0.497 e. The molecule has 2 N–H and O–H groups in total. The summed E-state index contributed by atoms with van der Waals surface area (Å²) in [6.45, 7) is 0. The zero-order valence-corrected chi connectivity index (χ0v) is 18.2. The van der Waals surface area contributed by atoms with Crippen molar-refractivity contribution in [2.45, 2.75) is 11.3 Å². The van der Waals surface area contributed by atoms with E-state index < -0.39 is 10.0 Å². The predicted molar refractivity (Wildman–Crippen MR) is 127 cm³/mol. The van der Waals surface area contributed by atoms with Crippen LogP contribution in [-0.4, -0.2) is 21.4 Å². The zero-order chi connectivity index (χ0) is 22.6. The first-order valence-electron chi connectivity index (χ1n) is 9.98. The molecule has 0 heterocycles. The van der Waals surface area contributed by atoms with Crippen LogP contribution in [0, 0.1) is 0 Å². The van der Waals surface area contributed by atoms with Crippen molar-refractivity contribution >= 4 is 38.1 Å². The molecule has 0 saturated carbocycles. The van der Waals surface area contributed by atoms with E-state index in [0.29, 0.717) is 11.4 Å². The van der Waals surface area contributed by atoms with Gasteiger partial charge in [0.2, 0.25) is 5.91 Å². The normalized spacial score (nSPS) is 11.2. The van der Waals surface area contributed by atoms with Crippen molar-refractivity contribution in [3.05, 3.63) is 96.6 Å². The summed E-state index contributed by atoms with van der Waals surface area (Å²) >= 11 is 0. The van der Waals surface area contributed by atoms with Gasteiger partial charge in [0, 0.05) is 11.1 Å². The highest BCUT2D eigenvalue weighted by Gasteiger charge is 2.16. The van der Waals surface area contributed by atoms with E-state index in [1.165, 1.54) is 12.1 Å². The number of hydrogen-bond acceptors (Lipinski definition) is 4. The number of hydrogen-bond donors (Lipinski definition) is 2. The second-order valence-electron chi connectivity index (χ2n) is 7.23. The molecule has 1 amide bonds. The molecule has 4 aromatic carbocycles. The third kappa shape index (κ3) is 4.90. The first-order chi connectivity index (χ1) is 15.4. The van der Waals surface area contributed by atoms with Gasteiger partial charge in [0.1, 0.15) is 5.75 Å². The molecule has 6 nitrogen and oxygen atoms in total. The fourth-order valence-corrected chi connectivity index (χ4v) is 4.45. The van der Waals surface area contributed by atoms with Gasteiger partial charge in [-0.2, -0.15) is 0 Å². The Hall–Kier alpha value is -3.84. The van der Waals surface area contributed by atoms with E-state index in [1.54, 1.807) is 37.4 Å². The summed E-state index contributed by atoms with van der Waals surface area (Å²) in [5, 5.41) is 4.55. The van der Waals surface area contributed by atoms with E-state index in [0.717, 1.165) is 22.1 Å². The maximum atomic E-state index is 12.9. The van der Waals surface area contributed by atoms with Gasteiger partial charge in [0.05, 0.1) is 24.1 Å². The summed E-state index contributed by atoms with van der Waals surface area (Å²) in [6.07, 6.45) is 0.201. The van der Waals surface area contributed by atoms with Gasteiger partial charge in [-0.05, 0) is 53.4 Å². The molecule has 0 saturated heterocycles. The molecule has 4 rings (SSSR count). The van der Waals surface area contributed by atoms with Gasteiger partial charge in [0.25, 0.3) is 10.0 Å². The SMILES string of the molecule is COc1ccc(CC(=O)Nc2ccc(S(=O)(=O)Nc3cccc4ccccc34)cc2)cc1. The Morgan fingerprint density at radius 2 is 1.53 bits per heavy atom. The van der Waals surface area contributed by atoms with E-state index in [-0.39, 0.29) is 17.2 Å². The summed E-state index contributed by atoms with van der Waals surface area (Å²) in [6, 6.07) is 26.4. The molecule has 0 aliphatic carbocycles. The summed E-state index contributed by atoms with van der Waals surface area (Å²) in [5.74, 6) is 0.530. The fourth-order valence-electron chi connectivity index (χ4n) is 3.37. The molecule has 0 unspecified atom stereocenters. The van der Waals surface area contributed by atoms with E-state index in [2.05, 4.69) is 10.0 Å². The highest BCUT2D eigenvalue weighted by molar-refractivity contribution is 7.92. The molecule has 7 heteroatoms. The van der Waals surface area contributed by atoms with Gasteiger partial charge in [-0.3, -0.25) is 9.52 Å². The lowest BCUT2D eigenvalue weighted by Crippen LogP contribution is -2.15. The topological polar surface area (TPSA) is 84.5 Å². The Bertz CT molecular complexity index is 1340. The lowest BCUT2D eigenvalue weighted by molar-refractivity contribution is -0.115. The number of ether oxygens (including phenoxy) is 1. The van der Waals surface area contributed by atoms with Crippen molar-refractivity contribution in [3.8, 4) is 5.75 Å². The first kappa shape index (κ1) is 21.4. The lowest BCUT2D eigenvalue weighted by Gasteiger charge is -2.11. The van der Waals surface area contributed by atoms with Crippen molar-refractivity contribution in [2.75, 3.05) is 17.1 Å². The number of methoxy groups -OCH3 is 1. The molecule has 0 fully saturated rings. The van der Waals surface area contributed by atoms with E-state index in [4.69, 9.17) is 4.74 Å². The van der Waals surface area contributed by atoms with Crippen molar-refractivity contribution in [3.63, 3.8) is 0 Å². The predicted octanol–water partition coefficient (Wildman–Crippen LogP) is 4.83. The number of nitrogens with one attached hydrogen (secondary N) is 2. The van der Waals surface area contributed by atoms with Crippen LogP contribution in [0.15, 0.2) is 95.9 Å². The molecule has 0 aliphatic rings. The summed E-state index contributed by atoms with van der Waals surface area (Å²) < 4.78 is 33.5. The molecular weight excluding hydrogens is 424 g/mol. The van der Waals surface area contributed by atoms with Crippen LogP contribution < -0.4 is 14.8 Å². The highest BCUT2D eigenvalue weighted by Crippen LogP contribution is 2.26. The van der Waals surface area contributed by atoms with Crippen LogP contribution >= 0.6 is 0 Å². The second kappa shape index (κ2) is 9.11. The maximum absolute atomic E-state index is 12.9. The maximum Gasteiger partial charge on any atom is 0.261 e. The van der Waals surface area contributed by atoms with Crippen LogP contribution in [-0.2, 0) is 21.2 Å². The number of amides is 1. The van der Waals surface area contributed by atoms with Crippen molar-refractivity contribution < 1.29 is 17.9 Å². The Kier molecular flexibility index (Phi) is 6.09. The van der Waals surface area contributed by atoms with Crippen LogP contribution in [0.3, 0.4) is 0 Å². The van der Waals surface area contributed by atoms with E-state index in [1.807, 2.05) is 48.5 Å². The number of benzene rings is 4. The molecular formula is C25H22N2O4S. The molecule has 0 bridgehead atoms. The van der Waals surface area contributed by atoms with Crippen molar-refractivity contribution in [2.24, 2.45) is 0 Å². The average Bonchev–Trinajstić information content (AvgIpc) is 2.80. The quantitative estimate of drug-likeness (QED) is 0.426. The first-order valence-corrected chi connectivity index (χ1v) is 11.5. The zero-order valence-electron chi connectivity index (χ0n) is 17.4. The van der Waals surface area contributed by atoms with E-state index >= 15 is 0 Å². The number of carbonyl (C=O) groups is 1. The van der Waals surface area contributed by atoms with Crippen molar-refractivity contribution in [1.29, 1.82) is 0 Å². The smallest absolute Gasteiger partial charge is 0.261 e. The molecule has 4 aromatic rings. The summed E-state index contributed by atoms with van der Waals surface area (Å²) in [7, 11) is -2.19. The van der Waals surface area contributed by atoms with Gasteiger partial charge >= 0.3 is 0 Å². The highest BCUT2D eigenvalue weighted by atomic mass is 32.2. The van der Waals surface area contributed by atoms with Gasteiger partial charge in [0.15, 0.2) is 0 Å². The minimum Gasteiger partial charge on any atom is -0.497 e. The molecule has 0 atom stereocenters. The number of rotatable bonds is 7. The number of fused-ring (bicyclic) bond motifs is 1. The van der Waals surface area contributed by atoms with Crippen LogP contribution in [0.1, 0.15) is 5.56 Å². The standard InChI is InChI=1S/C25H22N2O4S/c1-31-21-13-9-18(10-14-21)17-25(28)26-20-11-15-22(16-12-20)32(29,30)27-24-8-4-6-19-5-2-3-7-23(19)24/h2-16,27H,17H2,1H3,(H,26,28). The fraction of sp³-hybridized carbons (Fsp3) is 0.0800. The average molecular weight is 447 g/mol. The third-order valence-corrected chi connectivity index (χ3v) is 6.39. The van der Waals surface area contributed by atoms with Crippen molar-refractivity contribution in [1.82, 2.24) is 0 Å². The molecule has 0 spiro atoms. The Morgan fingerprint density at radius 3 is 2.25 bits per heavy atom. The van der Waals surface area contributed by atoms with Crippen LogP contribution in [0.4, 0.5) is 11.4 Å². The Labute approximate surface area is 186 Å². The molecule has 32 heavy (non-hydrogen) atoms. The van der Waals surface area contributed by atoms with Gasteiger partial charge in [-0.1, -0.05) is 48.5 Å². The molecule has 162 valence electrons. The number of sulfonamides is 1. The monoisotopic (exact) mass is 446 g/mol. The van der Waals surface area contributed by atoms with Gasteiger partial charge in [-0.25, -0.2) is 8.42 Å². The molecule has 0 aromatic heterocycles. The summed E-state index contributed by atoms with van der Waals surface area (Å²) in [5.41, 5.74) is 1.88. The number of anilines is 2. The summed E-state index contributed by atoms with van der Waals surface area (Å²) in [4.78, 5) is 12.4. The molecule has 0 radical (unpaired) electrons. The van der Waals surface area contributed by atoms with Crippen LogP contribution in [0.2, 0.25) is 0 Å². The van der Waals surface area contributed by atoms with Gasteiger partial charge in [-0.15, -0.1) is 0 Å². The molecule has 0 aliphatic heterocycles. The van der Waals surface area contributed by atoms with Gasteiger partial charge < -0.3 is 10.1 Å². The third-order valence-electron chi connectivity index (χ3n) is 5.01. The van der Waals surface area contributed by atoms with Crippen LogP contribution in [0.5, 0.6) is 5.75 Å². The van der Waals surface area contributed by atoms with E-state index in [9.17, 15) is 13.2 Å². The minimum atomic E-state index is -3.78.